The normalized spacial score (nSPS) is 15.8. The maximum atomic E-state index is 6.51. The molecule has 5 rings (SSSR count). The molecule has 3 heterocycles. The monoisotopic (exact) mass is 508 g/mol. The van der Waals surface area contributed by atoms with Gasteiger partial charge in [-0.15, -0.1) is 0 Å². The number of anilines is 3. The number of nitrogen functional groups attached to an aromatic ring is 1. The molecule has 6 heteroatoms. The number of aromatic nitrogens is 2. The third-order valence-electron chi connectivity index (χ3n) is 7.27. The van der Waals surface area contributed by atoms with Crippen molar-refractivity contribution in [2.45, 2.75) is 39.9 Å². The van der Waals surface area contributed by atoms with Crippen molar-refractivity contribution >= 4 is 17.2 Å². The van der Waals surface area contributed by atoms with Crippen molar-refractivity contribution in [2.24, 2.45) is 5.41 Å². The van der Waals surface area contributed by atoms with Crippen molar-refractivity contribution in [1.82, 2.24) is 14.5 Å². The van der Waals surface area contributed by atoms with Crippen LogP contribution in [0.25, 0.3) is 11.3 Å². The molecule has 0 saturated carbocycles. The summed E-state index contributed by atoms with van der Waals surface area (Å²) in [5.41, 5.74) is 14.3. The van der Waals surface area contributed by atoms with Crippen molar-refractivity contribution in [3.05, 3.63) is 95.8 Å². The van der Waals surface area contributed by atoms with Crippen molar-refractivity contribution in [3.63, 3.8) is 0 Å². The van der Waals surface area contributed by atoms with E-state index >= 15 is 0 Å². The molecule has 6 nitrogen and oxygen atoms in total. The van der Waals surface area contributed by atoms with E-state index in [1.54, 1.807) is 0 Å². The fourth-order valence-corrected chi connectivity index (χ4v) is 5.67. The largest absolute Gasteiger partial charge is 0.398 e. The molecule has 4 aromatic rings. The Morgan fingerprint density at radius 1 is 1.00 bits per heavy atom. The van der Waals surface area contributed by atoms with Gasteiger partial charge in [-0.1, -0.05) is 57.2 Å². The summed E-state index contributed by atoms with van der Waals surface area (Å²) in [4.78, 5) is 9.83. The topological polar surface area (TPSA) is 62.4 Å². The maximum Gasteiger partial charge on any atom is 0.150 e. The number of fused-ring (bicyclic) bond motifs is 1. The minimum Gasteiger partial charge on any atom is -0.398 e. The lowest BCUT2D eigenvalue weighted by Crippen LogP contribution is -2.37. The van der Waals surface area contributed by atoms with E-state index in [-0.39, 0.29) is 11.5 Å². The van der Waals surface area contributed by atoms with Crippen LogP contribution in [0.4, 0.5) is 17.2 Å². The first kappa shape index (κ1) is 25.9. The minimum absolute atomic E-state index is 0.185. The van der Waals surface area contributed by atoms with Crippen LogP contribution in [0.2, 0.25) is 0 Å². The number of pyridine rings is 1. The van der Waals surface area contributed by atoms with Crippen molar-refractivity contribution in [2.75, 3.05) is 43.1 Å². The molecule has 0 aliphatic carbocycles. The summed E-state index contributed by atoms with van der Waals surface area (Å²) in [5, 5.41) is 3.30. The molecule has 0 amide bonds. The SMILES string of the molecule is CNc1nc(-c2cc(CN3CCn4cccc4C3c3ccccc3)ccc2N)ccc1N(C)CC(C)(C)C. The zero-order chi connectivity index (χ0) is 26.9. The molecule has 0 spiro atoms. The second-order valence-corrected chi connectivity index (χ2v) is 11.6. The van der Waals surface area contributed by atoms with E-state index in [0.29, 0.717) is 0 Å². The fourth-order valence-electron chi connectivity index (χ4n) is 5.67. The summed E-state index contributed by atoms with van der Waals surface area (Å²) in [6, 6.07) is 26.1. The van der Waals surface area contributed by atoms with E-state index < -0.39 is 0 Å². The molecular formula is C32H40N6. The third kappa shape index (κ3) is 5.41. The van der Waals surface area contributed by atoms with Gasteiger partial charge in [0.05, 0.1) is 17.4 Å². The quantitative estimate of drug-likeness (QED) is 0.289. The van der Waals surface area contributed by atoms with Gasteiger partial charge in [0.25, 0.3) is 0 Å². The summed E-state index contributed by atoms with van der Waals surface area (Å²) < 4.78 is 2.38. The lowest BCUT2D eigenvalue weighted by molar-refractivity contribution is 0.175. The molecule has 1 aliphatic rings. The van der Waals surface area contributed by atoms with Gasteiger partial charge in [-0.3, -0.25) is 4.90 Å². The molecule has 1 aliphatic heterocycles. The first-order valence-corrected chi connectivity index (χ1v) is 13.5. The molecule has 2 aromatic heterocycles. The second kappa shape index (κ2) is 10.5. The summed E-state index contributed by atoms with van der Waals surface area (Å²) in [5.74, 6) is 0.861. The third-order valence-corrected chi connectivity index (χ3v) is 7.27. The Morgan fingerprint density at radius 2 is 1.79 bits per heavy atom. The van der Waals surface area contributed by atoms with Crippen LogP contribution in [0.3, 0.4) is 0 Å². The highest BCUT2D eigenvalue weighted by atomic mass is 15.2. The Kier molecular flexibility index (Phi) is 7.17. The number of nitrogens with one attached hydrogen (secondary N) is 1. The maximum absolute atomic E-state index is 6.51. The Labute approximate surface area is 227 Å². The first-order valence-electron chi connectivity index (χ1n) is 13.5. The molecular weight excluding hydrogens is 468 g/mol. The van der Waals surface area contributed by atoms with Gasteiger partial charge in [-0.2, -0.15) is 0 Å². The highest BCUT2D eigenvalue weighted by molar-refractivity contribution is 5.78. The van der Waals surface area contributed by atoms with Gasteiger partial charge >= 0.3 is 0 Å². The molecule has 198 valence electrons. The summed E-state index contributed by atoms with van der Waals surface area (Å²) in [6.45, 7) is 10.5. The van der Waals surface area contributed by atoms with Crippen molar-refractivity contribution in [3.8, 4) is 11.3 Å². The highest BCUT2D eigenvalue weighted by Crippen LogP contribution is 2.36. The van der Waals surface area contributed by atoms with Gasteiger partial charge in [-0.25, -0.2) is 4.98 Å². The predicted octanol–water partition coefficient (Wildman–Crippen LogP) is 6.26. The molecule has 2 aromatic carbocycles. The number of benzene rings is 2. The van der Waals surface area contributed by atoms with Crippen LogP contribution >= 0.6 is 0 Å². The summed E-state index contributed by atoms with van der Waals surface area (Å²) in [6.07, 6.45) is 2.19. The van der Waals surface area contributed by atoms with E-state index in [1.165, 1.54) is 16.8 Å². The summed E-state index contributed by atoms with van der Waals surface area (Å²) >= 11 is 0. The van der Waals surface area contributed by atoms with E-state index in [0.717, 1.165) is 54.6 Å². The fraction of sp³-hybridized carbons (Fsp3) is 0.344. The molecule has 0 bridgehead atoms. The van der Waals surface area contributed by atoms with E-state index in [2.05, 4.69) is 120 Å². The number of nitrogens with two attached hydrogens (primary N) is 1. The second-order valence-electron chi connectivity index (χ2n) is 11.6. The van der Waals surface area contributed by atoms with Gasteiger partial charge in [0.1, 0.15) is 5.82 Å². The highest BCUT2D eigenvalue weighted by Gasteiger charge is 2.29. The number of hydrogen-bond acceptors (Lipinski definition) is 5. The van der Waals surface area contributed by atoms with E-state index in [9.17, 15) is 0 Å². The van der Waals surface area contributed by atoms with Crippen LogP contribution in [0.1, 0.15) is 43.6 Å². The first-order chi connectivity index (χ1) is 18.2. The van der Waals surface area contributed by atoms with Crippen LogP contribution < -0.4 is 16.0 Å². The molecule has 3 N–H and O–H groups in total. The molecule has 0 fully saturated rings. The number of rotatable bonds is 7. The Hall–Kier alpha value is -3.77. The van der Waals surface area contributed by atoms with Gasteiger partial charge in [0, 0.05) is 63.4 Å². The van der Waals surface area contributed by atoms with Gasteiger partial charge in [-0.05, 0) is 52.9 Å². The van der Waals surface area contributed by atoms with Crippen LogP contribution in [-0.2, 0) is 13.1 Å². The van der Waals surface area contributed by atoms with Crippen LogP contribution in [0.15, 0.2) is 79.0 Å². The zero-order valence-electron chi connectivity index (χ0n) is 23.3. The van der Waals surface area contributed by atoms with E-state index in [1.807, 2.05) is 13.1 Å². The molecule has 38 heavy (non-hydrogen) atoms. The lowest BCUT2D eigenvalue weighted by Gasteiger charge is -2.37. The van der Waals surface area contributed by atoms with Gasteiger partial charge < -0.3 is 20.5 Å². The van der Waals surface area contributed by atoms with Crippen molar-refractivity contribution < 1.29 is 0 Å². The predicted molar refractivity (Wildman–Crippen MR) is 159 cm³/mol. The van der Waals surface area contributed by atoms with Crippen LogP contribution in [-0.4, -0.2) is 41.6 Å². The van der Waals surface area contributed by atoms with Crippen LogP contribution in [0.5, 0.6) is 0 Å². The number of nitrogens with zero attached hydrogens (tertiary/aromatic N) is 4. The Bertz CT molecular complexity index is 1380. The molecule has 0 radical (unpaired) electrons. The van der Waals surface area contributed by atoms with Gasteiger partial charge in [0.15, 0.2) is 0 Å². The van der Waals surface area contributed by atoms with Crippen molar-refractivity contribution in [1.29, 1.82) is 0 Å². The minimum atomic E-state index is 0.185. The lowest BCUT2D eigenvalue weighted by atomic mass is 9.96. The smallest absolute Gasteiger partial charge is 0.150 e. The zero-order valence-corrected chi connectivity index (χ0v) is 23.3. The Morgan fingerprint density at radius 3 is 2.53 bits per heavy atom. The van der Waals surface area contributed by atoms with Gasteiger partial charge in [0.2, 0.25) is 0 Å². The number of hydrogen-bond donors (Lipinski definition) is 2. The molecule has 1 unspecified atom stereocenters. The average Bonchev–Trinajstić information content (AvgIpc) is 3.37. The molecule has 1 atom stereocenters. The average molecular weight is 509 g/mol. The van der Waals surface area contributed by atoms with E-state index in [4.69, 9.17) is 10.7 Å². The van der Waals surface area contributed by atoms with Crippen LogP contribution in [0, 0.1) is 5.41 Å². The standard InChI is InChI=1S/C32H40N6/c1-32(2,3)22-36(5)29-16-15-27(35-31(29)34-4)25-20-23(13-14-26(25)33)21-38-19-18-37-17-9-12-28(37)30(38)24-10-7-6-8-11-24/h6-17,20,30H,18-19,21-22,33H2,1-5H3,(H,34,35). The Balaban J connectivity index is 1.44. The molecule has 0 saturated heterocycles. The summed E-state index contributed by atoms with van der Waals surface area (Å²) in [7, 11) is 4.05.